The summed E-state index contributed by atoms with van der Waals surface area (Å²) in [6, 6.07) is 6.33. The normalized spacial score (nSPS) is 12.7. The minimum absolute atomic E-state index is 0.413. The van der Waals surface area contributed by atoms with E-state index in [0.29, 0.717) is 17.7 Å². The molecule has 84 valence electrons. The quantitative estimate of drug-likeness (QED) is 0.868. The van der Waals surface area contributed by atoms with Crippen molar-refractivity contribution >= 4 is 0 Å². The van der Waals surface area contributed by atoms with Gasteiger partial charge in [0.15, 0.2) is 0 Å². The van der Waals surface area contributed by atoms with Crippen LogP contribution in [0.4, 0.5) is 8.78 Å². The first-order valence-electron chi connectivity index (χ1n) is 4.89. The average Bonchev–Trinajstić information content (AvgIpc) is 2.68. The van der Waals surface area contributed by atoms with Crippen molar-refractivity contribution in [2.24, 2.45) is 5.73 Å². The van der Waals surface area contributed by atoms with Crippen LogP contribution in [0.3, 0.4) is 0 Å². The van der Waals surface area contributed by atoms with Crippen LogP contribution < -0.4 is 5.73 Å². The molecule has 2 nitrogen and oxygen atoms in total. The third kappa shape index (κ3) is 2.46. The highest BCUT2D eigenvalue weighted by Gasteiger charge is 2.11. The Hall–Kier alpha value is -1.68. The van der Waals surface area contributed by atoms with Crippen LogP contribution in [0.5, 0.6) is 0 Å². The van der Waals surface area contributed by atoms with Crippen LogP contribution >= 0.6 is 0 Å². The van der Waals surface area contributed by atoms with Gasteiger partial charge >= 0.3 is 0 Å². The molecule has 0 spiro atoms. The van der Waals surface area contributed by atoms with Crippen molar-refractivity contribution in [3.8, 4) is 0 Å². The molecular formula is C12H11F2NO. The third-order valence-electron chi connectivity index (χ3n) is 2.31. The fourth-order valence-corrected chi connectivity index (χ4v) is 1.55. The van der Waals surface area contributed by atoms with Gasteiger partial charge in [-0.05, 0) is 29.8 Å². The van der Waals surface area contributed by atoms with E-state index in [1.165, 1.54) is 18.4 Å². The molecule has 0 aliphatic heterocycles. The summed E-state index contributed by atoms with van der Waals surface area (Å²) >= 11 is 0. The van der Waals surface area contributed by atoms with Crippen LogP contribution in [0.2, 0.25) is 0 Å². The maximum atomic E-state index is 12.9. The lowest BCUT2D eigenvalue weighted by molar-refractivity contribution is 0.486. The number of rotatable bonds is 3. The molecule has 1 heterocycles. The van der Waals surface area contributed by atoms with Crippen molar-refractivity contribution < 1.29 is 13.2 Å². The van der Waals surface area contributed by atoms with Gasteiger partial charge in [-0.25, -0.2) is 8.78 Å². The number of nitrogens with two attached hydrogens (primary N) is 1. The van der Waals surface area contributed by atoms with Crippen molar-refractivity contribution in [2.45, 2.75) is 12.5 Å². The number of furan rings is 1. The second-order valence-electron chi connectivity index (χ2n) is 3.59. The van der Waals surface area contributed by atoms with Crippen LogP contribution in [0.25, 0.3) is 0 Å². The zero-order valence-electron chi connectivity index (χ0n) is 8.49. The van der Waals surface area contributed by atoms with Gasteiger partial charge in [0.1, 0.15) is 17.4 Å². The Labute approximate surface area is 91.7 Å². The van der Waals surface area contributed by atoms with E-state index in [9.17, 15) is 8.78 Å². The summed E-state index contributed by atoms with van der Waals surface area (Å²) in [5.74, 6) is -0.549. The van der Waals surface area contributed by atoms with Gasteiger partial charge in [-0.1, -0.05) is 0 Å². The monoisotopic (exact) mass is 223 g/mol. The van der Waals surface area contributed by atoms with Gasteiger partial charge < -0.3 is 10.2 Å². The van der Waals surface area contributed by atoms with Gasteiger partial charge in [0.2, 0.25) is 0 Å². The smallest absolute Gasteiger partial charge is 0.126 e. The molecule has 0 fully saturated rings. The number of halogens is 2. The molecule has 1 atom stereocenters. The summed E-state index contributed by atoms with van der Waals surface area (Å²) in [6.45, 7) is 0. The maximum Gasteiger partial charge on any atom is 0.126 e. The van der Waals surface area contributed by atoms with Crippen LogP contribution in [-0.4, -0.2) is 0 Å². The fraction of sp³-hybridized carbons (Fsp3) is 0.167. The first-order chi connectivity index (χ1) is 7.65. The van der Waals surface area contributed by atoms with E-state index in [1.807, 2.05) is 0 Å². The summed E-state index contributed by atoms with van der Waals surface area (Å²) in [6.07, 6.45) is 1.95. The Kier molecular flexibility index (Phi) is 3.01. The highest BCUT2D eigenvalue weighted by molar-refractivity contribution is 5.22. The summed E-state index contributed by atoms with van der Waals surface area (Å²) in [7, 11) is 0. The molecule has 2 N–H and O–H groups in total. The van der Waals surface area contributed by atoms with E-state index in [2.05, 4.69) is 0 Å². The molecule has 0 aliphatic rings. The second kappa shape index (κ2) is 4.45. The largest absolute Gasteiger partial charge is 0.469 e. The molecule has 2 aromatic rings. The van der Waals surface area contributed by atoms with E-state index in [4.69, 9.17) is 10.2 Å². The van der Waals surface area contributed by atoms with E-state index in [0.717, 1.165) is 6.07 Å². The van der Waals surface area contributed by atoms with Gasteiger partial charge in [0.05, 0.1) is 6.26 Å². The van der Waals surface area contributed by atoms with Gasteiger partial charge in [0, 0.05) is 18.5 Å². The minimum Gasteiger partial charge on any atom is -0.469 e. The van der Waals surface area contributed by atoms with Crippen molar-refractivity contribution in [2.75, 3.05) is 0 Å². The molecule has 2 rings (SSSR count). The minimum atomic E-state index is -0.620. The third-order valence-corrected chi connectivity index (χ3v) is 2.31. The Morgan fingerprint density at radius 2 is 1.88 bits per heavy atom. The van der Waals surface area contributed by atoms with Gasteiger partial charge in [-0.2, -0.15) is 0 Å². The second-order valence-corrected chi connectivity index (χ2v) is 3.59. The highest BCUT2D eigenvalue weighted by atomic mass is 19.1. The lowest BCUT2D eigenvalue weighted by Gasteiger charge is -2.10. The average molecular weight is 223 g/mol. The van der Waals surface area contributed by atoms with Crippen LogP contribution in [0.1, 0.15) is 17.4 Å². The molecule has 1 aromatic heterocycles. The Balaban J connectivity index is 2.17. The lowest BCUT2D eigenvalue weighted by atomic mass is 10.0. The van der Waals surface area contributed by atoms with Gasteiger partial charge in [-0.3, -0.25) is 0 Å². The zero-order chi connectivity index (χ0) is 11.5. The Morgan fingerprint density at radius 1 is 1.19 bits per heavy atom. The molecule has 0 saturated carbocycles. The number of hydrogen-bond acceptors (Lipinski definition) is 2. The molecule has 0 radical (unpaired) electrons. The molecule has 4 heteroatoms. The molecule has 0 bridgehead atoms. The number of hydrogen-bond donors (Lipinski definition) is 1. The van der Waals surface area contributed by atoms with Crippen molar-refractivity contribution in [3.63, 3.8) is 0 Å². The molecule has 16 heavy (non-hydrogen) atoms. The van der Waals surface area contributed by atoms with E-state index >= 15 is 0 Å². The number of benzene rings is 1. The first-order valence-corrected chi connectivity index (χ1v) is 4.89. The van der Waals surface area contributed by atoms with Crippen molar-refractivity contribution in [3.05, 3.63) is 59.6 Å². The van der Waals surface area contributed by atoms with E-state index in [1.54, 1.807) is 12.1 Å². The molecular weight excluding hydrogens is 212 g/mol. The molecule has 0 amide bonds. The van der Waals surface area contributed by atoms with E-state index in [-0.39, 0.29) is 0 Å². The topological polar surface area (TPSA) is 39.2 Å². The molecule has 0 saturated heterocycles. The van der Waals surface area contributed by atoms with Crippen molar-refractivity contribution in [1.82, 2.24) is 0 Å². The SMILES string of the molecule is NC(Cc1ccco1)c1cc(F)cc(F)c1. The standard InChI is InChI=1S/C12H11F2NO/c13-9-4-8(5-10(14)6-9)12(15)7-11-2-1-3-16-11/h1-6,12H,7,15H2. The van der Waals surface area contributed by atoms with Gasteiger partial charge in [-0.15, -0.1) is 0 Å². The lowest BCUT2D eigenvalue weighted by Crippen LogP contribution is -2.13. The fourth-order valence-electron chi connectivity index (χ4n) is 1.55. The summed E-state index contributed by atoms with van der Waals surface area (Å²) in [5.41, 5.74) is 6.26. The predicted octanol–water partition coefficient (Wildman–Crippen LogP) is 2.80. The highest BCUT2D eigenvalue weighted by Crippen LogP contribution is 2.18. The first kappa shape index (κ1) is 10.8. The Morgan fingerprint density at radius 3 is 2.44 bits per heavy atom. The molecule has 0 aliphatic carbocycles. The summed E-state index contributed by atoms with van der Waals surface area (Å²) in [4.78, 5) is 0. The van der Waals surface area contributed by atoms with Crippen LogP contribution in [0.15, 0.2) is 41.0 Å². The van der Waals surface area contributed by atoms with E-state index < -0.39 is 17.7 Å². The van der Waals surface area contributed by atoms with Crippen LogP contribution in [0, 0.1) is 11.6 Å². The summed E-state index contributed by atoms with van der Waals surface area (Å²) in [5, 5.41) is 0. The van der Waals surface area contributed by atoms with Crippen LogP contribution in [-0.2, 0) is 6.42 Å². The predicted molar refractivity (Wildman–Crippen MR) is 55.7 cm³/mol. The Bertz CT molecular complexity index is 448. The zero-order valence-corrected chi connectivity index (χ0v) is 8.49. The van der Waals surface area contributed by atoms with Gasteiger partial charge in [0.25, 0.3) is 0 Å². The summed E-state index contributed by atoms with van der Waals surface area (Å²) < 4.78 is 31.0. The molecule has 1 unspecified atom stereocenters. The maximum absolute atomic E-state index is 12.9. The molecule has 1 aromatic carbocycles. The van der Waals surface area contributed by atoms with Crippen molar-refractivity contribution in [1.29, 1.82) is 0 Å².